The Morgan fingerprint density at radius 1 is 1.03 bits per heavy atom. The molecule has 0 aliphatic carbocycles. The number of thiazole rings is 1. The molecule has 10 heteroatoms. The van der Waals surface area contributed by atoms with Gasteiger partial charge in [0.05, 0.1) is 37.9 Å². The van der Waals surface area contributed by atoms with E-state index in [0.717, 1.165) is 10.2 Å². The van der Waals surface area contributed by atoms with Crippen LogP contribution in [0.5, 0.6) is 11.5 Å². The largest absolute Gasteiger partial charge is 0.495 e. The van der Waals surface area contributed by atoms with Crippen LogP contribution in [0.2, 0.25) is 0 Å². The van der Waals surface area contributed by atoms with Gasteiger partial charge in [0.15, 0.2) is 14.6 Å². The molecule has 1 aromatic heterocycles. The molecule has 32 heavy (non-hydrogen) atoms. The first-order valence-corrected chi connectivity index (χ1v) is 12.4. The SMILES string of the molecule is CCS(=O)(=O)c1ccc(CC(=O)N=c2sc3c(OC)ccc(OC)c3n2CCOC)cc1. The molecule has 1 heterocycles. The summed E-state index contributed by atoms with van der Waals surface area (Å²) < 4.78 is 42.9. The van der Waals surface area contributed by atoms with Crippen LogP contribution in [0.3, 0.4) is 0 Å². The summed E-state index contributed by atoms with van der Waals surface area (Å²) in [5, 5.41) is 0. The number of carbonyl (C=O) groups is 1. The van der Waals surface area contributed by atoms with Crippen molar-refractivity contribution >= 4 is 37.3 Å². The van der Waals surface area contributed by atoms with Crippen molar-refractivity contribution in [3.63, 3.8) is 0 Å². The highest BCUT2D eigenvalue weighted by molar-refractivity contribution is 7.91. The fraction of sp³-hybridized carbons (Fsp3) is 0.364. The number of methoxy groups -OCH3 is 3. The first-order chi connectivity index (χ1) is 15.3. The predicted octanol–water partition coefficient (Wildman–Crippen LogP) is 2.83. The molecule has 0 radical (unpaired) electrons. The number of aromatic nitrogens is 1. The van der Waals surface area contributed by atoms with Crippen molar-refractivity contribution in [2.45, 2.75) is 24.8 Å². The summed E-state index contributed by atoms with van der Waals surface area (Å²) in [4.78, 5) is 17.8. The summed E-state index contributed by atoms with van der Waals surface area (Å²) in [5.41, 5.74) is 1.48. The number of rotatable bonds is 9. The topological polar surface area (TPSA) is 96.2 Å². The van der Waals surface area contributed by atoms with Gasteiger partial charge >= 0.3 is 0 Å². The van der Waals surface area contributed by atoms with Crippen LogP contribution in [0.25, 0.3) is 10.2 Å². The summed E-state index contributed by atoms with van der Waals surface area (Å²) in [6.45, 7) is 2.51. The second-order valence-corrected chi connectivity index (χ2v) is 10.2. The number of ether oxygens (including phenoxy) is 3. The first kappa shape index (κ1) is 24.0. The molecule has 0 saturated carbocycles. The van der Waals surface area contributed by atoms with Crippen LogP contribution < -0.4 is 14.3 Å². The molecule has 0 atom stereocenters. The predicted molar refractivity (Wildman–Crippen MR) is 123 cm³/mol. The lowest BCUT2D eigenvalue weighted by molar-refractivity contribution is -0.117. The molecule has 2 aromatic carbocycles. The molecule has 0 aliphatic heterocycles. The fourth-order valence-corrected chi connectivity index (χ4v) is 5.30. The van der Waals surface area contributed by atoms with Gasteiger partial charge in [0, 0.05) is 13.7 Å². The van der Waals surface area contributed by atoms with E-state index in [-0.39, 0.29) is 23.0 Å². The van der Waals surface area contributed by atoms with Crippen molar-refractivity contribution in [1.29, 1.82) is 0 Å². The number of hydrogen-bond acceptors (Lipinski definition) is 7. The Balaban J connectivity index is 2.00. The van der Waals surface area contributed by atoms with Crippen molar-refractivity contribution in [3.05, 3.63) is 46.8 Å². The highest BCUT2D eigenvalue weighted by Crippen LogP contribution is 2.35. The van der Waals surface area contributed by atoms with Gasteiger partial charge in [-0.3, -0.25) is 4.79 Å². The Morgan fingerprint density at radius 3 is 2.28 bits per heavy atom. The molecule has 1 amide bonds. The summed E-state index contributed by atoms with van der Waals surface area (Å²) in [5.74, 6) is 1.00. The number of carbonyl (C=O) groups excluding carboxylic acids is 1. The molecule has 0 bridgehead atoms. The first-order valence-electron chi connectivity index (χ1n) is 9.97. The van der Waals surface area contributed by atoms with Gasteiger partial charge in [0.1, 0.15) is 21.7 Å². The highest BCUT2D eigenvalue weighted by Gasteiger charge is 2.17. The van der Waals surface area contributed by atoms with Crippen LogP contribution in [0.15, 0.2) is 46.3 Å². The Hall–Kier alpha value is -2.69. The second-order valence-electron chi connectivity index (χ2n) is 6.91. The van der Waals surface area contributed by atoms with Gasteiger partial charge in [0.2, 0.25) is 0 Å². The molecule has 0 N–H and O–H groups in total. The van der Waals surface area contributed by atoms with E-state index in [4.69, 9.17) is 14.2 Å². The van der Waals surface area contributed by atoms with Crippen molar-refractivity contribution in [2.75, 3.05) is 33.7 Å². The zero-order valence-corrected chi connectivity index (χ0v) is 20.1. The Bertz CT molecular complexity index is 1270. The second kappa shape index (κ2) is 10.3. The van der Waals surface area contributed by atoms with Crippen LogP contribution in [-0.2, 0) is 32.3 Å². The number of benzene rings is 2. The number of hydrogen-bond donors (Lipinski definition) is 0. The minimum Gasteiger partial charge on any atom is -0.495 e. The van der Waals surface area contributed by atoms with E-state index in [0.29, 0.717) is 35.0 Å². The van der Waals surface area contributed by atoms with Crippen molar-refractivity contribution in [1.82, 2.24) is 4.57 Å². The van der Waals surface area contributed by atoms with E-state index in [2.05, 4.69) is 4.99 Å². The van der Waals surface area contributed by atoms with Gasteiger partial charge in [-0.2, -0.15) is 4.99 Å². The smallest absolute Gasteiger partial charge is 0.252 e. The third kappa shape index (κ3) is 5.03. The van der Waals surface area contributed by atoms with E-state index in [1.807, 2.05) is 16.7 Å². The maximum atomic E-state index is 12.7. The summed E-state index contributed by atoms with van der Waals surface area (Å²) in [6.07, 6.45) is 0.0548. The third-order valence-electron chi connectivity index (χ3n) is 4.95. The van der Waals surface area contributed by atoms with Crippen LogP contribution in [0.1, 0.15) is 12.5 Å². The van der Waals surface area contributed by atoms with Crippen LogP contribution in [0, 0.1) is 0 Å². The maximum absolute atomic E-state index is 12.7. The monoisotopic (exact) mass is 478 g/mol. The number of sulfone groups is 1. The summed E-state index contributed by atoms with van der Waals surface area (Å²) >= 11 is 1.34. The van der Waals surface area contributed by atoms with Crippen molar-refractivity contribution in [3.8, 4) is 11.5 Å². The highest BCUT2D eigenvalue weighted by atomic mass is 32.2. The number of nitrogens with zero attached hydrogens (tertiary/aromatic N) is 2. The molecule has 3 aromatic rings. The standard InChI is InChI=1S/C22H26N2O6S2/c1-5-32(26,27)16-8-6-15(7-9-16)14-19(25)23-22-24(12-13-28-2)20-17(29-3)10-11-18(30-4)21(20)31-22/h6-11H,5,12-14H2,1-4H3. The third-order valence-corrected chi connectivity index (χ3v) is 7.79. The van der Waals surface area contributed by atoms with Gasteiger partial charge in [0.25, 0.3) is 5.91 Å². The lowest BCUT2D eigenvalue weighted by Gasteiger charge is -2.09. The molecular formula is C22H26N2O6S2. The average molecular weight is 479 g/mol. The summed E-state index contributed by atoms with van der Waals surface area (Å²) in [6, 6.07) is 9.97. The number of fused-ring (bicyclic) bond motifs is 1. The zero-order chi connectivity index (χ0) is 23.3. The van der Waals surface area contributed by atoms with E-state index in [1.165, 1.54) is 23.5 Å². The maximum Gasteiger partial charge on any atom is 0.252 e. The van der Waals surface area contributed by atoms with Gasteiger partial charge < -0.3 is 18.8 Å². The molecule has 0 aliphatic rings. The molecule has 0 spiro atoms. The van der Waals surface area contributed by atoms with Gasteiger partial charge in [-0.15, -0.1) is 0 Å². The lowest BCUT2D eigenvalue weighted by atomic mass is 10.1. The zero-order valence-electron chi connectivity index (χ0n) is 18.5. The Morgan fingerprint density at radius 2 is 1.69 bits per heavy atom. The molecule has 8 nitrogen and oxygen atoms in total. The van der Waals surface area contributed by atoms with E-state index >= 15 is 0 Å². The molecule has 172 valence electrons. The lowest BCUT2D eigenvalue weighted by Crippen LogP contribution is -2.20. The van der Waals surface area contributed by atoms with Gasteiger partial charge in [-0.1, -0.05) is 30.4 Å². The normalized spacial score (nSPS) is 12.3. The van der Waals surface area contributed by atoms with Crippen LogP contribution in [-0.4, -0.2) is 52.6 Å². The van der Waals surface area contributed by atoms with E-state index in [1.54, 1.807) is 40.4 Å². The molecular weight excluding hydrogens is 452 g/mol. The van der Waals surface area contributed by atoms with E-state index < -0.39 is 9.84 Å². The Labute approximate surface area is 191 Å². The van der Waals surface area contributed by atoms with Crippen molar-refractivity contribution < 1.29 is 27.4 Å². The minimum atomic E-state index is -3.28. The quantitative estimate of drug-likeness (QED) is 0.469. The minimum absolute atomic E-state index is 0.0287. The number of amides is 1. The van der Waals surface area contributed by atoms with E-state index in [9.17, 15) is 13.2 Å². The van der Waals surface area contributed by atoms with Crippen LogP contribution >= 0.6 is 11.3 Å². The summed E-state index contributed by atoms with van der Waals surface area (Å²) in [7, 11) is 1.50. The molecule has 0 unspecified atom stereocenters. The molecule has 3 rings (SSSR count). The fourth-order valence-electron chi connectivity index (χ4n) is 3.23. The molecule has 0 fully saturated rings. The molecule has 0 saturated heterocycles. The average Bonchev–Trinajstić information content (AvgIpc) is 3.15. The van der Waals surface area contributed by atoms with Gasteiger partial charge in [-0.25, -0.2) is 8.42 Å². The van der Waals surface area contributed by atoms with Crippen molar-refractivity contribution in [2.24, 2.45) is 4.99 Å². The Kier molecular flexibility index (Phi) is 7.70. The van der Waals surface area contributed by atoms with Gasteiger partial charge in [-0.05, 0) is 29.8 Å². The van der Waals surface area contributed by atoms with Crippen LogP contribution in [0.4, 0.5) is 0 Å².